The van der Waals surface area contributed by atoms with Gasteiger partial charge in [-0.15, -0.1) is 0 Å². The normalized spacial score (nSPS) is 13.7. The molecule has 54 heavy (non-hydrogen) atoms. The first kappa shape index (κ1) is 33.2. The summed E-state index contributed by atoms with van der Waals surface area (Å²) in [5, 5.41) is 0. The second kappa shape index (κ2) is 13.7. The van der Waals surface area contributed by atoms with Crippen molar-refractivity contribution in [3.8, 4) is 11.1 Å². The fourth-order valence-corrected chi connectivity index (χ4v) is 8.97. The molecular weight excluding hydrogens is 653 g/mol. The molecule has 1 aliphatic carbocycles. The first-order valence-corrected chi connectivity index (χ1v) is 18.8. The third-order valence-corrected chi connectivity index (χ3v) is 11.3. The van der Waals surface area contributed by atoms with Crippen LogP contribution in [0.5, 0.6) is 0 Å². The molecule has 0 unspecified atom stereocenters. The highest BCUT2D eigenvalue weighted by atomic mass is 15.1. The maximum Gasteiger partial charge on any atom is 0.0548 e. The molecule has 0 saturated carbocycles. The molecule has 1 aliphatic rings. The Morgan fingerprint density at radius 1 is 0.278 bits per heavy atom. The standard InChI is InChI=1S/C52H42N2/c1-51(2)49-29-17-15-27-47(49)48-28-16-18-30-50(48)52(51,39-31-35-45(36-32-39)53(41-19-7-3-8-20-41)42-21-9-4-10-22-42)40-33-37-46(38-34-40)54(43-23-11-5-12-24-43)44-25-13-6-14-26-44/h3-38H,1-2H3. The zero-order chi connectivity index (χ0) is 36.5. The fraction of sp³-hybridized carbons (Fsp3) is 0.0769. The van der Waals surface area contributed by atoms with Gasteiger partial charge in [0.1, 0.15) is 0 Å². The van der Waals surface area contributed by atoms with Crippen molar-refractivity contribution in [1.82, 2.24) is 0 Å². The molecule has 0 spiro atoms. The van der Waals surface area contributed by atoms with E-state index in [2.05, 4.69) is 242 Å². The van der Waals surface area contributed by atoms with Gasteiger partial charge in [0.05, 0.1) is 5.41 Å². The van der Waals surface area contributed by atoms with Crippen molar-refractivity contribution in [3.05, 3.63) is 241 Å². The van der Waals surface area contributed by atoms with Gasteiger partial charge in [0.15, 0.2) is 0 Å². The SMILES string of the molecule is CC1(C)c2ccccc2-c2ccccc2C1(c1ccc(N(c2ccccc2)c2ccccc2)cc1)c1ccc(N(c2ccccc2)c2ccccc2)cc1. The molecule has 0 atom stereocenters. The minimum Gasteiger partial charge on any atom is -0.311 e. The lowest BCUT2D eigenvalue weighted by Crippen LogP contribution is -2.49. The summed E-state index contributed by atoms with van der Waals surface area (Å²) in [5.74, 6) is 0. The van der Waals surface area contributed by atoms with E-state index in [9.17, 15) is 0 Å². The van der Waals surface area contributed by atoms with Crippen molar-refractivity contribution in [1.29, 1.82) is 0 Å². The lowest BCUT2D eigenvalue weighted by atomic mass is 9.49. The topological polar surface area (TPSA) is 6.48 Å². The van der Waals surface area contributed by atoms with E-state index in [0.29, 0.717) is 0 Å². The number of rotatable bonds is 8. The van der Waals surface area contributed by atoms with Gasteiger partial charge >= 0.3 is 0 Å². The highest BCUT2D eigenvalue weighted by Gasteiger charge is 2.54. The van der Waals surface area contributed by atoms with Gasteiger partial charge in [-0.25, -0.2) is 0 Å². The van der Waals surface area contributed by atoms with Crippen molar-refractivity contribution in [2.45, 2.75) is 24.7 Å². The Balaban J connectivity index is 1.25. The van der Waals surface area contributed by atoms with E-state index in [1.54, 1.807) is 0 Å². The maximum absolute atomic E-state index is 2.43. The van der Waals surface area contributed by atoms with Gasteiger partial charge in [-0.2, -0.15) is 0 Å². The first-order valence-electron chi connectivity index (χ1n) is 18.8. The summed E-state index contributed by atoms with van der Waals surface area (Å²) in [4.78, 5) is 4.67. The van der Waals surface area contributed by atoms with Crippen LogP contribution in [0, 0.1) is 0 Å². The number of benzene rings is 8. The Bertz CT molecular complexity index is 2280. The lowest BCUT2D eigenvalue weighted by Gasteiger charge is -2.53. The molecule has 0 bridgehead atoms. The van der Waals surface area contributed by atoms with Crippen LogP contribution < -0.4 is 9.80 Å². The zero-order valence-corrected chi connectivity index (χ0v) is 30.7. The quantitative estimate of drug-likeness (QED) is 0.156. The molecule has 0 aromatic heterocycles. The molecule has 8 aromatic carbocycles. The number of hydrogen-bond acceptors (Lipinski definition) is 2. The minimum absolute atomic E-state index is 0.321. The zero-order valence-electron chi connectivity index (χ0n) is 30.7. The van der Waals surface area contributed by atoms with E-state index in [1.165, 1.54) is 33.4 Å². The maximum atomic E-state index is 2.43. The van der Waals surface area contributed by atoms with Gasteiger partial charge < -0.3 is 9.80 Å². The molecule has 0 heterocycles. The van der Waals surface area contributed by atoms with Crippen molar-refractivity contribution in [3.63, 3.8) is 0 Å². The van der Waals surface area contributed by atoms with Crippen LogP contribution >= 0.6 is 0 Å². The predicted molar refractivity (Wildman–Crippen MR) is 227 cm³/mol. The van der Waals surface area contributed by atoms with Gasteiger partial charge in [-0.05, 0) is 106 Å². The Morgan fingerprint density at radius 3 is 0.926 bits per heavy atom. The monoisotopic (exact) mass is 694 g/mol. The Morgan fingerprint density at radius 2 is 0.556 bits per heavy atom. The summed E-state index contributed by atoms with van der Waals surface area (Å²) in [6, 6.07) is 79.3. The fourth-order valence-electron chi connectivity index (χ4n) is 8.97. The summed E-state index contributed by atoms with van der Waals surface area (Å²) >= 11 is 0. The molecule has 9 rings (SSSR count). The van der Waals surface area contributed by atoms with Crippen LogP contribution in [0.1, 0.15) is 36.1 Å². The molecule has 8 aromatic rings. The second-order valence-electron chi connectivity index (χ2n) is 14.6. The van der Waals surface area contributed by atoms with Crippen LogP contribution in [0.3, 0.4) is 0 Å². The van der Waals surface area contributed by atoms with E-state index >= 15 is 0 Å². The molecule has 0 N–H and O–H groups in total. The van der Waals surface area contributed by atoms with Crippen molar-refractivity contribution in [2.75, 3.05) is 9.80 Å². The van der Waals surface area contributed by atoms with Crippen molar-refractivity contribution in [2.24, 2.45) is 0 Å². The highest BCUT2D eigenvalue weighted by molar-refractivity contribution is 5.83. The number of para-hydroxylation sites is 4. The summed E-state index contributed by atoms with van der Waals surface area (Å²) in [6.45, 7) is 4.87. The molecular formula is C52H42N2. The third kappa shape index (κ3) is 5.42. The van der Waals surface area contributed by atoms with E-state index in [1.807, 2.05) is 0 Å². The lowest BCUT2D eigenvalue weighted by molar-refractivity contribution is 0.353. The Labute approximate surface area is 319 Å². The van der Waals surface area contributed by atoms with Crippen LogP contribution in [0.15, 0.2) is 218 Å². The van der Waals surface area contributed by atoms with Crippen molar-refractivity contribution >= 4 is 34.1 Å². The number of anilines is 6. The molecule has 0 radical (unpaired) electrons. The van der Waals surface area contributed by atoms with Crippen LogP contribution in [0.4, 0.5) is 34.1 Å². The summed E-state index contributed by atoms with van der Waals surface area (Å²) in [7, 11) is 0. The predicted octanol–water partition coefficient (Wildman–Crippen LogP) is 13.9. The molecule has 0 fully saturated rings. The van der Waals surface area contributed by atoms with Crippen LogP contribution in [0.2, 0.25) is 0 Å². The molecule has 0 saturated heterocycles. The Hall–Kier alpha value is -6.64. The van der Waals surface area contributed by atoms with Crippen LogP contribution in [-0.4, -0.2) is 0 Å². The molecule has 2 nitrogen and oxygen atoms in total. The van der Waals surface area contributed by atoms with Gasteiger partial charge in [-0.3, -0.25) is 0 Å². The molecule has 0 aliphatic heterocycles. The van der Waals surface area contributed by atoms with E-state index in [4.69, 9.17) is 0 Å². The van der Waals surface area contributed by atoms with E-state index in [-0.39, 0.29) is 5.41 Å². The smallest absolute Gasteiger partial charge is 0.0548 e. The Kier molecular flexibility index (Phi) is 8.44. The van der Waals surface area contributed by atoms with Gasteiger partial charge in [0.2, 0.25) is 0 Å². The highest BCUT2D eigenvalue weighted by Crippen LogP contribution is 2.60. The third-order valence-electron chi connectivity index (χ3n) is 11.3. The average molecular weight is 695 g/mol. The minimum atomic E-state index is -0.510. The molecule has 2 heteroatoms. The largest absolute Gasteiger partial charge is 0.311 e. The average Bonchev–Trinajstić information content (AvgIpc) is 3.24. The first-order chi connectivity index (χ1) is 26.6. The molecule has 260 valence electrons. The molecule has 0 amide bonds. The second-order valence-corrected chi connectivity index (χ2v) is 14.6. The summed E-state index contributed by atoms with van der Waals surface area (Å²) in [5.41, 5.74) is 13.7. The van der Waals surface area contributed by atoms with Gasteiger partial charge in [0.25, 0.3) is 0 Å². The van der Waals surface area contributed by atoms with Gasteiger partial charge in [0, 0.05) is 39.5 Å². The van der Waals surface area contributed by atoms with Crippen LogP contribution in [0.25, 0.3) is 11.1 Å². The number of nitrogens with zero attached hydrogens (tertiary/aromatic N) is 2. The number of hydrogen-bond donors (Lipinski definition) is 0. The number of fused-ring (bicyclic) bond motifs is 3. The van der Waals surface area contributed by atoms with Gasteiger partial charge in [-0.1, -0.05) is 159 Å². The van der Waals surface area contributed by atoms with Crippen molar-refractivity contribution < 1.29 is 0 Å². The summed E-state index contributed by atoms with van der Waals surface area (Å²) < 4.78 is 0. The summed E-state index contributed by atoms with van der Waals surface area (Å²) in [6.07, 6.45) is 0. The van der Waals surface area contributed by atoms with E-state index < -0.39 is 5.41 Å². The van der Waals surface area contributed by atoms with E-state index in [0.717, 1.165) is 34.1 Å². The van der Waals surface area contributed by atoms with Crippen LogP contribution in [-0.2, 0) is 10.8 Å².